The summed E-state index contributed by atoms with van der Waals surface area (Å²) in [6.07, 6.45) is 1.88. The van der Waals surface area contributed by atoms with Gasteiger partial charge in [-0.05, 0) is 62.8 Å². The lowest BCUT2D eigenvalue weighted by Crippen LogP contribution is -2.52. The van der Waals surface area contributed by atoms with Gasteiger partial charge < -0.3 is 4.84 Å². The lowest BCUT2D eigenvalue weighted by Gasteiger charge is -2.48. The minimum Gasteiger partial charge on any atom is -0.396 e. The van der Waals surface area contributed by atoms with Gasteiger partial charge in [0, 0.05) is 23.8 Å². The Morgan fingerprint density at radius 3 is 2.33 bits per heavy atom. The van der Waals surface area contributed by atoms with Crippen molar-refractivity contribution in [3.05, 3.63) is 33.9 Å². The molecule has 5 heteroatoms. The van der Waals surface area contributed by atoms with Crippen LogP contribution in [0.3, 0.4) is 0 Å². The molecule has 0 N–H and O–H groups in total. The van der Waals surface area contributed by atoms with Gasteiger partial charge in [0.25, 0.3) is 0 Å². The molecule has 144 valence electrons. The zero-order valence-corrected chi connectivity index (χ0v) is 16.8. The van der Waals surface area contributed by atoms with Crippen molar-refractivity contribution in [2.24, 2.45) is 11.1 Å². The number of hydrogen-bond donors (Lipinski definition) is 0. The van der Waals surface area contributed by atoms with E-state index >= 15 is 0 Å². The monoisotopic (exact) mass is 369 g/mol. The summed E-state index contributed by atoms with van der Waals surface area (Å²) in [5.41, 5.74) is 4.89. The number of carbonyl (C=O) groups is 3. The molecule has 1 spiro atoms. The third kappa shape index (κ3) is 3.03. The Balaban J connectivity index is 1.97. The van der Waals surface area contributed by atoms with Gasteiger partial charge in [0.2, 0.25) is 0 Å². The van der Waals surface area contributed by atoms with Gasteiger partial charge in [0.1, 0.15) is 24.1 Å². The average molecular weight is 369 g/mol. The first-order chi connectivity index (χ1) is 12.8. The van der Waals surface area contributed by atoms with Crippen molar-refractivity contribution in [1.29, 1.82) is 0 Å². The molecule has 0 saturated heterocycles. The Kier molecular flexibility index (Phi) is 5.06. The van der Waals surface area contributed by atoms with Gasteiger partial charge in [0.05, 0.1) is 5.71 Å². The van der Waals surface area contributed by atoms with Gasteiger partial charge in [-0.25, -0.2) is 0 Å². The van der Waals surface area contributed by atoms with Crippen LogP contribution in [-0.4, -0.2) is 29.7 Å². The summed E-state index contributed by atoms with van der Waals surface area (Å²) in [5, 5.41) is 4.02. The molecule has 1 aromatic carbocycles. The number of benzene rings is 1. The van der Waals surface area contributed by atoms with E-state index in [4.69, 9.17) is 4.84 Å². The molecular weight excluding hydrogens is 342 g/mol. The predicted octanol–water partition coefficient (Wildman–Crippen LogP) is 3.65. The molecule has 5 nitrogen and oxygen atoms in total. The SMILES string of the molecule is CCON=C(CC)C1C(=O)CC2(CC1=O)Cc1cc(C)c(C(C)=O)c(C)c12. The number of Topliss-reactive ketones (excluding diaryl/α,β-unsaturated/α-hetero) is 3. The minimum atomic E-state index is -0.783. The van der Waals surface area contributed by atoms with E-state index in [0.29, 0.717) is 31.6 Å². The van der Waals surface area contributed by atoms with Crippen molar-refractivity contribution in [3.63, 3.8) is 0 Å². The molecular formula is C22H27NO4. The van der Waals surface area contributed by atoms with Gasteiger partial charge in [-0.3, -0.25) is 14.4 Å². The highest BCUT2D eigenvalue weighted by molar-refractivity contribution is 6.23. The summed E-state index contributed by atoms with van der Waals surface area (Å²) in [7, 11) is 0. The highest BCUT2D eigenvalue weighted by atomic mass is 16.6. The van der Waals surface area contributed by atoms with Crippen LogP contribution in [0.4, 0.5) is 0 Å². The molecule has 1 aromatic rings. The molecule has 3 rings (SSSR count). The molecule has 0 atom stereocenters. The summed E-state index contributed by atoms with van der Waals surface area (Å²) >= 11 is 0. The van der Waals surface area contributed by atoms with Crippen LogP contribution in [0.25, 0.3) is 0 Å². The maximum atomic E-state index is 13.0. The maximum Gasteiger partial charge on any atom is 0.160 e. The van der Waals surface area contributed by atoms with Crippen LogP contribution in [0.2, 0.25) is 0 Å². The summed E-state index contributed by atoms with van der Waals surface area (Å²) in [4.78, 5) is 43.1. The molecule has 0 radical (unpaired) electrons. The highest BCUT2D eigenvalue weighted by Crippen LogP contribution is 2.52. The Morgan fingerprint density at radius 1 is 1.19 bits per heavy atom. The van der Waals surface area contributed by atoms with Crippen molar-refractivity contribution < 1.29 is 19.2 Å². The van der Waals surface area contributed by atoms with Crippen LogP contribution >= 0.6 is 0 Å². The van der Waals surface area contributed by atoms with Crippen LogP contribution in [0.15, 0.2) is 11.2 Å². The fourth-order valence-corrected chi connectivity index (χ4v) is 5.09. The van der Waals surface area contributed by atoms with E-state index in [0.717, 1.165) is 34.2 Å². The molecule has 2 aliphatic carbocycles. The molecule has 1 saturated carbocycles. The number of rotatable bonds is 5. The molecule has 2 aliphatic rings. The number of fused-ring (bicyclic) bond motifs is 2. The second-order valence-corrected chi connectivity index (χ2v) is 7.81. The van der Waals surface area contributed by atoms with Crippen LogP contribution in [0, 0.1) is 19.8 Å². The van der Waals surface area contributed by atoms with E-state index in [1.807, 2.05) is 33.8 Å². The Morgan fingerprint density at radius 2 is 1.81 bits per heavy atom. The Bertz CT molecular complexity index is 848. The van der Waals surface area contributed by atoms with E-state index in [1.165, 1.54) is 0 Å². The van der Waals surface area contributed by atoms with Crippen LogP contribution < -0.4 is 0 Å². The van der Waals surface area contributed by atoms with Gasteiger partial charge >= 0.3 is 0 Å². The van der Waals surface area contributed by atoms with E-state index in [1.54, 1.807) is 6.92 Å². The van der Waals surface area contributed by atoms with E-state index in [-0.39, 0.29) is 17.3 Å². The van der Waals surface area contributed by atoms with Crippen molar-refractivity contribution in [2.75, 3.05) is 6.61 Å². The van der Waals surface area contributed by atoms with Gasteiger partial charge in [-0.15, -0.1) is 0 Å². The topological polar surface area (TPSA) is 72.8 Å². The summed E-state index contributed by atoms with van der Waals surface area (Å²) in [5.74, 6) is -0.921. The standard InChI is InChI=1S/C22H27NO4/c1-6-16(23-27-7-2)20-17(25)10-22(11-18(20)26)9-15-8-12(3)19(14(5)24)13(4)21(15)22/h8,20H,6-7,9-11H2,1-5H3. The number of carbonyl (C=O) groups excluding carboxylic acids is 3. The number of ketones is 3. The number of oxime groups is 1. The van der Waals surface area contributed by atoms with Crippen molar-refractivity contribution >= 4 is 23.1 Å². The molecule has 0 aromatic heterocycles. The average Bonchev–Trinajstić information content (AvgIpc) is 2.55. The quantitative estimate of drug-likeness (QED) is 0.344. The molecule has 0 amide bonds. The van der Waals surface area contributed by atoms with Crippen LogP contribution in [-0.2, 0) is 26.3 Å². The number of nitrogens with zero attached hydrogens (tertiary/aromatic N) is 1. The van der Waals surface area contributed by atoms with Gasteiger partial charge in [-0.1, -0.05) is 18.1 Å². The molecule has 1 fully saturated rings. The molecule has 0 bridgehead atoms. The van der Waals surface area contributed by atoms with Crippen molar-refractivity contribution in [3.8, 4) is 0 Å². The fourth-order valence-electron chi connectivity index (χ4n) is 5.09. The summed E-state index contributed by atoms with van der Waals surface area (Å²) in [6.45, 7) is 9.56. The summed E-state index contributed by atoms with van der Waals surface area (Å²) < 4.78 is 0. The van der Waals surface area contributed by atoms with Crippen LogP contribution in [0.1, 0.15) is 72.6 Å². The molecule has 0 aliphatic heterocycles. The second kappa shape index (κ2) is 7.02. The number of hydrogen-bond acceptors (Lipinski definition) is 5. The summed E-state index contributed by atoms with van der Waals surface area (Å²) in [6, 6.07) is 2.04. The van der Waals surface area contributed by atoms with Gasteiger partial charge in [-0.2, -0.15) is 0 Å². The lowest BCUT2D eigenvalue weighted by atomic mass is 9.53. The van der Waals surface area contributed by atoms with Crippen molar-refractivity contribution in [1.82, 2.24) is 0 Å². The molecule has 27 heavy (non-hydrogen) atoms. The smallest absolute Gasteiger partial charge is 0.160 e. The fraction of sp³-hybridized carbons (Fsp3) is 0.545. The van der Waals surface area contributed by atoms with Gasteiger partial charge in [0.15, 0.2) is 5.78 Å². The lowest BCUT2D eigenvalue weighted by molar-refractivity contribution is -0.135. The van der Waals surface area contributed by atoms with Crippen molar-refractivity contribution in [2.45, 2.75) is 65.7 Å². The first-order valence-electron chi connectivity index (χ1n) is 9.64. The Hall–Kier alpha value is -2.30. The van der Waals surface area contributed by atoms with E-state index in [2.05, 4.69) is 5.16 Å². The molecule has 0 heterocycles. The largest absolute Gasteiger partial charge is 0.396 e. The second-order valence-electron chi connectivity index (χ2n) is 7.81. The maximum absolute atomic E-state index is 13.0. The number of aryl methyl sites for hydroxylation is 1. The third-order valence-electron chi connectivity index (χ3n) is 5.94. The van der Waals surface area contributed by atoms with E-state index < -0.39 is 11.3 Å². The molecule has 0 unspecified atom stereocenters. The minimum absolute atomic E-state index is 0.0262. The first kappa shape index (κ1) is 19.5. The van der Waals surface area contributed by atoms with E-state index in [9.17, 15) is 14.4 Å². The first-order valence-corrected chi connectivity index (χ1v) is 9.64. The predicted molar refractivity (Wildman–Crippen MR) is 103 cm³/mol. The zero-order valence-electron chi connectivity index (χ0n) is 16.8. The zero-order chi connectivity index (χ0) is 19.9. The van der Waals surface area contributed by atoms with Crippen LogP contribution in [0.5, 0.6) is 0 Å². The third-order valence-corrected chi connectivity index (χ3v) is 5.94. The normalized spacial score (nSPS) is 24.6. The highest BCUT2D eigenvalue weighted by Gasteiger charge is 2.53. The Labute approximate surface area is 160 Å².